The molecule has 0 bridgehead atoms. The summed E-state index contributed by atoms with van der Waals surface area (Å²) in [7, 11) is 1.32. The monoisotopic (exact) mass is 955 g/mol. The molecule has 0 radical (unpaired) electrons. The predicted octanol–water partition coefficient (Wildman–Crippen LogP) is 16.8. The van der Waals surface area contributed by atoms with Crippen LogP contribution in [0.2, 0.25) is 0 Å². The van der Waals surface area contributed by atoms with E-state index in [1.165, 1.54) is 231 Å². The van der Waals surface area contributed by atoms with Gasteiger partial charge in [0.25, 0.3) is 7.82 Å². The van der Waals surface area contributed by atoms with E-state index in [4.69, 9.17) is 9.05 Å². The number of nitrogens with zero attached hydrogens (tertiary/aromatic N) is 1. The second kappa shape index (κ2) is 49.2. The third kappa shape index (κ3) is 51.1. The first kappa shape index (κ1) is 65.2. The topological polar surface area (TPSA) is 108 Å². The van der Waals surface area contributed by atoms with Gasteiger partial charge in [-0.25, -0.2) is 0 Å². The van der Waals surface area contributed by atoms with Crippen LogP contribution in [0.1, 0.15) is 296 Å². The van der Waals surface area contributed by atoms with Crippen LogP contribution in [0.25, 0.3) is 0 Å². The van der Waals surface area contributed by atoms with Crippen LogP contribution in [0.15, 0.2) is 12.2 Å². The molecule has 1 amide bonds. The quantitative estimate of drug-likeness (QED) is 0.0272. The summed E-state index contributed by atoms with van der Waals surface area (Å²) >= 11 is 0. The van der Waals surface area contributed by atoms with E-state index in [9.17, 15) is 19.4 Å². The van der Waals surface area contributed by atoms with Crippen molar-refractivity contribution < 1.29 is 32.9 Å². The van der Waals surface area contributed by atoms with Crippen LogP contribution in [0.3, 0.4) is 0 Å². The molecule has 3 atom stereocenters. The molecule has 0 aromatic carbocycles. The van der Waals surface area contributed by atoms with Gasteiger partial charge in [0.1, 0.15) is 13.2 Å². The molecule has 0 rings (SSSR count). The SMILES string of the molecule is CCCCCCCCCCCC/C=C\CCCCCCCCCC(=O)NC(COP(=O)([O-])OCC[N+](C)(C)C)C(O)CCCCCCCCCCCCCCCCCCCCCCCCC. The van der Waals surface area contributed by atoms with Crippen molar-refractivity contribution in [3.63, 3.8) is 0 Å². The van der Waals surface area contributed by atoms with Gasteiger partial charge in [0, 0.05) is 6.42 Å². The van der Waals surface area contributed by atoms with Crippen LogP contribution in [-0.4, -0.2) is 68.5 Å². The highest BCUT2D eigenvalue weighted by Crippen LogP contribution is 2.38. The third-order valence-corrected chi connectivity index (χ3v) is 14.5. The summed E-state index contributed by atoms with van der Waals surface area (Å²) in [5.41, 5.74) is 0. The van der Waals surface area contributed by atoms with Crippen molar-refractivity contribution in [3.05, 3.63) is 12.2 Å². The van der Waals surface area contributed by atoms with Gasteiger partial charge in [-0.3, -0.25) is 9.36 Å². The second-order valence-electron chi connectivity index (χ2n) is 21.4. The Morgan fingerprint density at radius 1 is 0.515 bits per heavy atom. The standard InChI is InChI=1S/C57H115N2O6P/c1-6-8-10-12-14-16-18-20-22-24-26-28-29-31-32-34-36-38-40-42-44-46-48-50-56(60)55(54-65-66(62,63)64-53-52-59(3,4)5)58-57(61)51-49-47-45-43-41-39-37-35-33-30-27-25-23-21-19-17-15-13-11-9-7-2/h30,33,55-56,60H,6-29,31-32,34-54H2,1-5H3,(H-,58,61,62,63)/b33-30-. The Morgan fingerprint density at radius 2 is 0.833 bits per heavy atom. The zero-order chi connectivity index (χ0) is 48.5. The van der Waals surface area contributed by atoms with Crippen molar-refractivity contribution >= 4 is 13.7 Å². The summed E-state index contributed by atoms with van der Waals surface area (Å²) in [6.07, 6.45) is 59.5. The number of phosphoric ester groups is 1. The number of hydrogen-bond donors (Lipinski definition) is 2. The predicted molar refractivity (Wildman–Crippen MR) is 284 cm³/mol. The molecule has 394 valence electrons. The molecule has 2 N–H and O–H groups in total. The number of allylic oxidation sites excluding steroid dienone is 2. The van der Waals surface area contributed by atoms with Gasteiger partial charge < -0.3 is 28.8 Å². The van der Waals surface area contributed by atoms with E-state index in [0.29, 0.717) is 23.9 Å². The summed E-state index contributed by atoms with van der Waals surface area (Å²) in [5.74, 6) is -0.164. The number of phosphoric acid groups is 1. The molecule has 0 heterocycles. The maximum atomic E-state index is 13.0. The van der Waals surface area contributed by atoms with Crippen molar-refractivity contribution in [2.45, 2.75) is 309 Å². The maximum absolute atomic E-state index is 13.0. The Labute approximate surface area is 412 Å². The minimum atomic E-state index is -4.57. The number of quaternary nitrogens is 1. The van der Waals surface area contributed by atoms with Crippen molar-refractivity contribution in [1.29, 1.82) is 0 Å². The normalized spacial score (nSPS) is 14.0. The Kier molecular flexibility index (Phi) is 48.7. The first-order valence-corrected chi connectivity index (χ1v) is 30.5. The number of likely N-dealkylation sites (N-methyl/N-ethyl adjacent to an activating group) is 1. The van der Waals surface area contributed by atoms with Crippen LogP contribution in [0.4, 0.5) is 0 Å². The number of nitrogens with one attached hydrogen (secondary N) is 1. The smallest absolute Gasteiger partial charge is 0.268 e. The van der Waals surface area contributed by atoms with E-state index >= 15 is 0 Å². The van der Waals surface area contributed by atoms with Crippen LogP contribution in [0, 0.1) is 0 Å². The maximum Gasteiger partial charge on any atom is 0.268 e. The highest BCUT2D eigenvalue weighted by molar-refractivity contribution is 7.45. The lowest BCUT2D eigenvalue weighted by molar-refractivity contribution is -0.870. The number of unbranched alkanes of at least 4 members (excludes halogenated alkanes) is 39. The summed E-state index contributed by atoms with van der Waals surface area (Å²) in [6.45, 7) is 4.77. The molecule has 0 saturated carbocycles. The van der Waals surface area contributed by atoms with Gasteiger partial charge in [-0.15, -0.1) is 0 Å². The fourth-order valence-corrected chi connectivity index (χ4v) is 9.64. The third-order valence-electron chi connectivity index (χ3n) is 13.5. The summed E-state index contributed by atoms with van der Waals surface area (Å²) in [5, 5.41) is 14.0. The minimum Gasteiger partial charge on any atom is -0.756 e. The molecule has 8 nitrogen and oxygen atoms in total. The van der Waals surface area contributed by atoms with Crippen molar-refractivity contribution in [1.82, 2.24) is 5.32 Å². The number of amides is 1. The Balaban J connectivity index is 4.16. The molecule has 0 aliphatic carbocycles. The van der Waals surface area contributed by atoms with Crippen LogP contribution >= 0.6 is 7.82 Å². The molecule has 0 aliphatic rings. The lowest BCUT2D eigenvalue weighted by Crippen LogP contribution is -2.46. The fourth-order valence-electron chi connectivity index (χ4n) is 8.92. The van der Waals surface area contributed by atoms with Gasteiger partial charge in [0.05, 0.1) is 39.9 Å². The van der Waals surface area contributed by atoms with Gasteiger partial charge in [0.2, 0.25) is 5.91 Å². The molecule has 3 unspecified atom stereocenters. The van der Waals surface area contributed by atoms with Crippen LogP contribution < -0.4 is 10.2 Å². The first-order valence-electron chi connectivity index (χ1n) is 29.0. The van der Waals surface area contributed by atoms with Gasteiger partial charge in [-0.2, -0.15) is 0 Å². The van der Waals surface area contributed by atoms with Crippen molar-refractivity contribution in [3.8, 4) is 0 Å². The average molecular weight is 956 g/mol. The number of carbonyl (C=O) groups excluding carboxylic acids is 1. The van der Waals surface area contributed by atoms with Crippen LogP contribution in [-0.2, 0) is 18.4 Å². The number of carbonyl (C=O) groups is 1. The van der Waals surface area contributed by atoms with Gasteiger partial charge >= 0.3 is 0 Å². The molecule has 0 spiro atoms. The number of aliphatic hydroxyl groups excluding tert-OH is 1. The molecule has 0 aromatic rings. The zero-order valence-electron chi connectivity index (χ0n) is 44.9. The van der Waals surface area contributed by atoms with E-state index < -0.39 is 20.0 Å². The van der Waals surface area contributed by atoms with Crippen molar-refractivity contribution in [2.24, 2.45) is 0 Å². The highest BCUT2D eigenvalue weighted by Gasteiger charge is 2.24. The molecule has 0 aliphatic heterocycles. The lowest BCUT2D eigenvalue weighted by atomic mass is 10.0. The summed E-state index contributed by atoms with van der Waals surface area (Å²) < 4.78 is 23.4. The lowest BCUT2D eigenvalue weighted by Gasteiger charge is -2.30. The number of aliphatic hydroxyl groups is 1. The van der Waals surface area contributed by atoms with Gasteiger partial charge in [0.15, 0.2) is 0 Å². The minimum absolute atomic E-state index is 0.0138. The fraction of sp³-hybridized carbons (Fsp3) is 0.947. The summed E-state index contributed by atoms with van der Waals surface area (Å²) in [6, 6.07) is -0.801. The molecular weight excluding hydrogens is 840 g/mol. The second-order valence-corrected chi connectivity index (χ2v) is 22.8. The zero-order valence-corrected chi connectivity index (χ0v) is 45.8. The Hall–Kier alpha value is -0.760. The first-order chi connectivity index (χ1) is 32.0. The van der Waals surface area contributed by atoms with Gasteiger partial charge in [-0.1, -0.05) is 264 Å². The van der Waals surface area contributed by atoms with Crippen molar-refractivity contribution in [2.75, 3.05) is 40.9 Å². The van der Waals surface area contributed by atoms with Crippen LogP contribution in [0.5, 0.6) is 0 Å². The van der Waals surface area contributed by atoms with E-state index in [1.807, 2.05) is 21.1 Å². The molecule has 0 saturated heterocycles. The van der Waals surface area contributed by atoms with Gasteiger partial charge in [-0.05, 0) is 38.5 Å². The molecular formula is C57H115N2O6P. The molecule has 9 heteroatoms. The number of rotatable bonds is 54. The van der Waals surface area contributed by atoms with E-state index in [1.54, 1.807) is 0 Å². The highest BCUT2D eigenvalue weighted by atomic mass is 31.2. The van der Waals surface area contributed by atoms with E-state index in [2.05, 4.69) is 31.3 Å². The molecule has 0 aromatic heterocycles. The Morgan fingerprint density at radius 3 is 1.18 bits per heavy atom. The largest absolute Gasteiger partial charge is 0.756 e. The Bertz CT molecular complexity index is 1080. The summed E-state index contributed by atoms with van der Waals surface area (Å²) in [4.78, 5) is 25.5. The molecule has 66 heavy (non-hydrogen) atoms. The van der Waals surface area contributed by atoms with E-state index in [0.717, 1.165) is 38.5 Å². The average Bonchev–Trinajstić information content (AvgIpc) is 3.28. The van der Waals surface area contributed by atoms with E-state index in [-0.39, 0.29) is 19.1 Å². The molecule has 0 fully saturated rings. The number of hydrogen-bond acceptors (Lipinski definition) is 6.